The number of hydrogen-bond acceptors (Lipinski definition) is 23. The third-order valence-electron chi connectivity index (χ3n) is 10.4. The molecule has 0 aromatic carbocycles. The predicted octanol–water partition coefficient (Wildman–Crippen LogP) is 3.34. The van der Waals surface area contributed by atoms with Gasteiger partial charge in [-0.25, -0.2) is 8.78 Å². The van der Waals surface area contributed by atoms with Crippen LogP contribution in [0.2, 0.25) is 0 Å². The second kappa shape index (κ2) is 25.4. The van der Waals surface area contributed by atoms with Crippen LogP contribution in [0.5, 0.6) is 0 Å². The third kappa shape index (κ3) is 13.7. The Morgan fingerprint density at radius 1 is 0.557 bits per heavy atom. The summed E-state index contributed by atoms with van der Waals surface area (Å²) in [6.07, 6.45) is -28.4. The predicted molar refractivity (Wildman–Crippen MR) is 215 cm³/mol. The Morgan fingerprint density at radius 3 is 1.59 bits per heavy atom. The molecule has 0 bridgehead atoms. The highest BCUT2D eigenvalue weighted by atomic mass is 19.3. The van der Waals surface area contributed by atoms with Gasteiger partial charge in [0.25, 0.3) is 5.92 Å². The van der Waals surface area contributed by atoms with E-state index in [1.807, 2.05) is 0 Å². The molecular weight excluding hydrogens is 958 g/mol. The first kappa shape index (κ1) is 55.4. The van der Waals surface area contributed by atoms with Crippen molar-refractivity contribution in [2.24, 2.45) is 30.7 Å². The molecule has 4 fully saturated rings. The van der Waals surface area contributed by atoms with E-state index in [2.05, 4.69) is 60.2 Å². The molecule has 0 spiro atoms. The van der Waals surface area contributed by atoms with E-state index >= 15 is 8.78 Å². The Bertz CT molecular complexity index is 2250. The largest absolute Gasteiger partial charge is 0.463 e. The fourth-order valence-corrected chi connectivity index (χ4v) is 7.83. The standard InChI is InChI=1S/C33H42F2N18O17/c1-10(54)60-9-19-24(69-30-20(46-52-40)25(62-12(3)56)21(59)17(65-30)7-42-48-36)27(63-13(4)57)31(67-19)70-26-22(61-11(2)55)15(44-50-38)6-16(45-51-39)23(26)68-32-28(47-53-41)33(34,35)29(64-14(5)58)18(66-32)8-43-49-37/h15-32,59H,6-9H2,1-5H3/t15?,16?,17-,18+,19+,20?,21+,22-,23+,24+,25+,26+,27+,28?,29+,30+,31-,32+/m0/s1. The second-order valence-electron chi connectivity index (χ2n) is 15.1. The van der Waals surface area contributed by atoms with Crippen LogP contribution < -0.4 is 0 Å². The van der Waals surface area contributed by atoms with Crippen LogP contribution in [0.3, 0.4) is 0 Å². The first-order chi connectivity index (χ1) is 33.3. The molecule has 37 heteroatoms. The lowest BCUT2D eigenvalue weighted by Crippen LogP contribution is -2.66. The van der Waals surface area contributed by atoms with Gasteiger partial charge in [-0.15, -0.1) is 0 Å². The van der Waals surface area contributed by atoms with Crippen molar-refractivity contribution < 1.29 is 90.0 Å². The van der Waals surface area contributed by atoms with Gasteiger partial charge in [0.1, 0.15) is 55.4 Å². The van der Waals surface area contributed by atoms with Crippen LogP contribution in [0.15, 0.2) is 30.7 Å². The number of esters is 5. The molecule has 70 heavy (non-hydrogen) atoms. The average molecular weight is 1000 g/mol. The highest BCUT2D eigenvalue weighted by Gasteiger charge is 2.63. The van der Waals surface area contributed by atoms with E-state index in [1.54, 1.807) is 0 Å². The zero-order valence-electron chi connectivity index (χ0n) is 37.0. The van der Waals surface area contributed by atoms with Gasteiger partial charge >= 0.3 is 29.8 Å². The number of halogens is 2. The molecule has 3 aliphatic heterocycles. The summed E-state index contributed by atoms with van der Waals surface area (Å²) in [5.41, 5.74) is 56.3. The van der Waals surface area contributed by atoms with Crippen LogP contribution >= 0.6 is 0 Å². The molecule has 35 nitrogen and oxygen atoms in total. The molecule has 0 aromatic heterocycles. The number of rotatable bonds is 20. The van der Waals surface area contributed by atoms with Crippen LogP contribution in [0.4, 0.5) is 8.78 Å². The summed E-state index contributed by atoms with van der Waals surface area (Å²) in [7, 11) is 0. The number of carbonyl (C=O) groups excluding carboxylic acids is 5. The van der Waals surface area contributed by atoms with Crippen molar-refractivity contribution in [2.75, 3.05) is 19.7 Å². The van der Waals surface area contributed by atoms with Crippen molar-refractivity contribution in [1.29, 1.82) is 0 Å². The number of ether oxygens (including phenoxy) is 11. The fourth-order valence-electron chi connectivity index (χ4n) is 7.83. The van der Waals surface area contributed by atoms with E-state index in [0.717, 1.165) is 34.6 Å². The van der Waals surface area contributed by atoms with Crippen LogP contribution in [0.1, 0.15) is 41.0 Å². The summed E-state index contributed by atoms with van der Waals surface area (Å²) < 4.78 is 95.4. The van der Waals surface area contributed by atoms with Gasteiger partial charge in [-0.3, -0.25) is 24.0 Å². The Morgan fingerprint density at radius 2 is 1.04 bits per heavy atom. The quantitative estimate of drug-likeness (QED) is 0.0600. The third-order valence-corrected chi connectivity index (χ3v) is 10.4. The number of carbonyl (C=O) groups is 5. The van der Waals surface area contributed by atoms with Gasteiger partial charge in [0.15, 0.2) is 37.1 Å². The lowest BCUT2D eigenvalue weighted by Gasteiger charge is -2.48. The van der Waals surface area contributed by atoms with Gasteiger partial charge in [0.05, 0.1) is 37.4 Å². The van der Waals surface area contributed by atoms with Gasteiger partial charge in [0, 0.05) is 64.1 Å². The number of aliphatic hydroxyl groups excluding tert-OH is 1. The molecule has 0 amide bonds. The first-order valence-electron chi connectivity index (χ1n) is 20.3. The van der Waals surface area contributed by atoms with Crippen molar-refractivity contribution >= 4 is 29.8 Å². The van der Waals surface area contributed by atoms with Crippen molar-refractivity contribution in [3.05, 3.63) is 62.7 Å². The Hall–Kier alpha value is -7.21. The highest BCUT2D eigenvalue weighted by Crippen LogP contribution is 2.43. The smallest absolute Gasteiger partial charge is 0.303 e. The minimum Gasteiger partial charge on any atom is -0.463 e. The highest BCUT2D eigenvalue weighted by molar-refractivity contribution is 5.67. The Kier molecular flexibility index (Phi) is 20.1. The summed E-state index contributed by atoms with van der Waals surface area (Å²) in [4.78, 5) is 77.7. The van der Waals surface area contributed by atoms with Gasteiger partial charge in [0.2, 0.25) is 0 Å². The van der Waals surface area contributed by atoms with Crippen LogP contribution in [0.25, 0.3) is 62.7 Å². The Balaban J connectivity index is 1.93. The maximum atomic E-state index is 16.4. The molecule has 3 saturated heterocycles. The van der Waals surface area contributed by atoms with E-state index in [0.29, 0.717) is 0 Å². The summed E-state index contributed by atoms with van der Waals surface area (Å²) >= 11 is 0. The number of aliphatic hydroxyl groups is 1. The van der Waals surface area contributed by atoms with E-state index < -0.39 is 172 Å². The van der Waals surface area contributed by atoms with Gasteiger partial charge in [-0.2, -0.15) is 0 Å². The molecule has 1 N–H and O–H groups in total. The number of nitrogens with zero attached hydrogens (tertiary/aromatic N) is 18. The molecule has 3 heterocycles. The molecule has 1 saturated carbocycles. The summed E-state index contributed by atoms with van der Waals surface area (Å²) in [5, 5.41) is 31.7. The zero-order valence-corrected chi connectivity index (χ0v) is 37.0. The Labute approximate surface area is 389 Å². The van der Waals surface area contributed by atoms with Gasteiger partial charge in [-0.1, -0.05) is 30.7 Å². The molecule has 4 aliphatic rings. The van der Waals surface area contributed by atoms with E-state index in [-0.39, 0.29) is 0 Å². The maximum absolute atomic E-state index is 16.4. The zero-order chi connectivity index (χ0) is 51.9. The molecular formula is C33H42F2N18O17. The molecule has 380 valence electrons. The molecule has 1 aliphatic carbocycles. The first-order valence-corrected chi connectivity index (χ1v) is 20.3. The van der Waals surface area contributed by atoms with Crippen LogP contribution in [0, 0.1) is 0 Å². The van der Waals surface area contributed by atoms with Crippen molar-refractivity contribution in [1.82, 2.24) is 0 Å². The van der Waals surface area contributed by atoms with Crippen molar-refractivity contribution in [3.63, 3.8) is 0 Å². The SMILES string of the molecule is CC(=O)OC[C@H]1O[C@@H](O[C@H]2[C@H](O[C@H]3O[C@H](CN=[N+]=[N-])[C@@H](OC(C)=O)C(F)(F)C3N=[N+]=[N-])C(N=[N+]=[N-])CC(N=[N+]=[N-])[C@@H]2OC(C)=O)[C@H](OC(C)=O)[C@@H]1O[C@H]1O[C@@H](CN=[N+]=[N-])[C@@H](O)[C@H](OC(C)=O)C1N=[N+]=[N-]. The molecule has 4 rings (SSSR count). The lowest BCUT2D eigenvalue weighted by atomic mass is 9.83. The maximum Gasteiger partial charge on any atom is 0.303 e. The molecule has 0 aromatic rings. The minimum atomic E-state index is -4.40. The average Bonchev–Trinajstić information content (AvgIpc) is 3.59. The van der Waals surface area contributed by atoms with E-state index in [9.17, 15) is 51.2 Å². The minimum absolute atomic E-state index is 0.601. The number of azide groups is 6. The normalized spacial score (nSPS) is 35.1. The van der Waals surface area contributed by atoms with Crippen molar-refractivity contribution in [2.45, 2.75) is 157 Å². The van der Waals surface area contributed by atoms with Crippen molar-refractivity contribution in [3.8, 4) is 0 Å². The lowest BCUT2D eigenvalue weighted by molar-refractivity contribution is -0.332. The van der Waals surface area contributed by atoms with E-state index in [1.165, 1.54) is 0 Å². The summed E-state index contributed by atoms with van der Waals surface area (Å²) in [5.74, 6) is -9.78. The number of hydrogen-bond donors (Lipinski definition) is 1. The van der Waals surface area contributed by atoms with Crippen LogP contribution in [-0.4, -0.2) is 171 Å². The molecule has 4 unspecified atom stereocenters. The topological polar surface area (TPSA) is 500 Å². The summed E-state index contributed by atoms with van der Waals surface area (Å²) in [6.45, 7) is 2.12. The van der Waals surface area contributed by atoms with Gasteiger partial charge < -0.3 is 57.2 Å². The monoisotopic (exact) mass is 1000 g/mol. The molecule has 0 radical (unpaired) electrons. The molecule has 18 atom stereocenters. The second-order valence-corrected chi connectivity index (χ2v) is 15.1. The van der Waals surface area contributed by atoms with Gasteiger partial charge in [-0.05, 0) is 39.6 Å². The summed E-state index contributed by atoms with van der Waals surface area (Å²) in [6, 6.07) is -7.84. The van der Waals surface area contributed by atoms with E-state index in [4.69, 9.17) is 63.2 Å². The number of alkyl halides is 2. The fraction of sp³-hybridized carbons (Fsp3) is 0.848. The van der Waals surface area contributed by atoms with Crippen LogP contribution in [-0.2, 0) is 76.1 Å².